The minimum absolute atomic E-state index is 0. The molecule has 0 unspecified atom stereocenters. The second-order valence-corrected chi connectivity index (χ2v) is 5.61. The van der Waals surface area contributed by atoms with Crippen LogP contribution < -0.4 is 35.3 Å². The van der Waals surface area contributed by atoms with E-state index >= 15 is 0 Å². The monoisotopic (exact) mass is 319 g/mol. The third-order valence-corrected chi connectivity index (χ3v) is 3.86. The van der Waals surface area contributed by atoms with E-state index in [9.17, 15) is 17.8 Å². The second-order valence-electron chi connectivity index (χ2n) is 4.22. The van der Waals surface area contributed by atoms with Gasteiger partial charge in [-0.05, 0) is 23.1 Å². The van der Waals surface area contributed by atoms with E-state index in [0.717, 1.165) is 0 Å². The number of hydrogen-bond acceptors (Lipinski definition) is 5. The Labute approximate surface area is 145 Å². The van der Waals surface area contributed by atoms with Crippen LogP contribution in [-0.4, -0.2) is 26.0 Å². The van der Waals surface area contributed by atoms with Crippen LogP contribution >= 0.6 is 0 Å². The van der Waals surface area contributed by atoms with Gasteiger partial charge in [0, 0.05) is 11.1 Å². The van der Waals surface area contributed by atoms with Crippen molar-refractivity contribution in [3.63, 3.8) is 0 Å². The molecule has 6 nitrogen and oxygen atoms in total. The molecule has 0 atom stereocenters. The van der Waals surface area contributed by atoms with Crippen LogP contribution in [0.5, 0.6) is 0 Å². The third kappa shape index (κ3) is 3.75. The van der Waals surface area contributed by atoms with Crippen molar-refractivity contribution in [1.82, 2.24) is 0 Å². The summed E-state index contributed by atoms with van der Waals surface area (Å²) in [6, 6.07) is 7.50. The normalized spacial score (nSPS) is 11.0. The number of carbonyl (C=O) groups excluding carboxylic acids is 1. The van der Waals surface area contributed by atoms with Crippen LogP contribution in [0.1, 0.15) is 6.99 Å². The molecule has 2 aromatic rings. The summed E-state index contributed by atoms with van der Waals surface area (Å²) in [5.41, 5.74) is 6.58. The molecule has 0 aliphatic heterocycles. The smallest absolute Gasteiger partial charge is 1.00 e. The molecule has 0 fully saturated rings. The number of methoxy groups -OCH3 is 1. The van der Waals surface area contributed by atoms with Gasteiger partial charge >= 0.3 is 35.5 Å². The van der Waals surface area contributed by atoms with Gasteiger partial charge in [-0.25, -0.2) is 0 Å². The van der Waals surface area contributed by atoms with Gasteiger partial charge in [0.2, 0.25) is 0 Å². The summed E-state index contributed by atoms with van der Waals surface area (Å²) in [4.78, 5) is 11.1. The zero-order valence-electron chi connectivity index (χ0n) is 12.7. The van der Waals surface area contributed by atoms with E-state index in [1.807, 2.05) is 0 Å². The zero-order chi connectivity index (χ0) is 14.9. The molecule has 3 N–H and O–H groups in total. The number of esters is 1. The van der Waals surface area contributed by atoms with Crippen LogP contribution in [0.25, 0.3) is 10.8 Å². The predicted octanol–water partition coefficient (Wildman–Crippen LogP) is -1.50. The quantitative estimate of drug-likeness (QED) is 0.309. The van der Waals surface area contributed by atoms with Gasteiger partial charge < -0.3 is 11.9 Å². The SMILES string of the molecule is COC(=O)Cc1ccc(S(=O)(=O)O)c2c(N)cccc12.[H-].[Na+]. The Hall–Kier alpha value is -1.12. The molecule has 0 saturated heterocycles. The maximum atomic E-state index is 11.4. The molecule has 2 rings (SSSR count). The van der Waals surface area contributed by atoms with Crippen LogP contribution in [0.3, 0.4) is 0 Å². The summed E-state index contributed by atoms with van der Waals surface area (Å²) in [5, 5.41) is 0.696. The van der Waals surface area contributed by atoms with E-state index in [-0.39, 0.29) is 53.4 Å². The van der Waals surface area contributed by atoms with Crippen molar-refractivity contribution in [3.8, 4) is 0 Å². The molecule has 0 saturated carbocycles. The van der Waals surface area contributed by atoms with E-state index in [4.69, 9.17) is 5.73 Å². The van der Waals surface area contributed by atoms with Gasteiger partial charge in [-0.2, -0.15) is 8.42 Å². The van der Waals surface area contributed by atoms with Gasteiger partial charge in [-0.15, -0.1) is 0 Å². The van der Waals surface area contributed by atoms with E-state index < -0.39 is 16.1 Å². The van der Waals surface area contributed by atoms with Crippen LogP contribution in [0, 0.1) is 0 Å². The molecule has 0 heterocycles. The van der Waals surface area contributed by atoms with Gasteiger partial charge in [0.25, 0.3) is 10.1 Å². The number of benzene rings is 2. The largest absolute Gasteiger partial charge is 1.00 e. The predicted molar refractivity (Wildman–Crippen MR) is 75.0 cm³/mol. The minimum Gasteiger partial charge on any atom is -1.00 e. The van der Waals surface area contributed by atoms with Crippen molar-refractivity contribution in [2.75, 3.05) is 12.8 Å². The Bertz CT molecular complexity index is 794. The average molecular weight is 319 g/mol. The number of nitrogens with two attached hydrogens (primary N) is 1. The number of hydrogen-bond donors (Lipinski definition) is 2. The van der Waals surface area contributed by atoms with Crippen molar-refractivity contribution in [2.45, 2.75) is 11.3 Å². The molecule has 0 bridgehead atoms. The molecule has 21 heavy (non-hydrogen) atoms. The number of rotatable bonds is 3. The molecular formula is C13H14NNaO5S. The molecule has 2 aromatic carbocycles. The molecule has 0 aliphatic carbocycles. The van der Waals surface area contributed by atoms with Gasteiger partial charge in [-0.1, -0.05) is 18.2 Å². The number of nitrogen functional groups attached to an aromatic ring is 1. The summed E-state index contributed by atoms with van der Waals surface area (Å²) in [6.45, 7) is 0. The van der Waals surface area contributed by atoms with Gasteiger partial charge in [0.15, 0.2) is 0 Å². The first-order chi connectivity index (χ1) is 9.34. The fraction of sp³-hybridized carbons (Fsp3) is 0.154. The first-order valence-electron chi connectivity index (χ1n) is 5.69. The van der Waals surface area contributed by atoms with Crippen LogP contribution in [-0.2, 0) is 26.1 Å². The first kappa shape index (κ1) is 17.9. The molecule has 0 amide bonds. The number of carbonyl (C=O) groups is 1. The number of anilines is 1. The molecule has 0 radical (unpaired) electrons. The molecule has 108 valence electrons. The zero-order valence-corrected chi connectivity index (χ0v) is 14.5. The third-order valence-electron chi connectivity index (χ3n) is 2.97. The van der Waals surface area contributed by atoms with E-state index in [2.05, 4.69) is 4.74 Å². The Morgan fingerprint density at radius 2 is 2.00 bits per heavy atom. The topological polar surface area (TPSA) is 107 Å². The summed E-state index contributed by atoms with van der Waals surface area (Å²) in [5.74, 6) is -0.451. The van der Waals surface area contributed by atoms with Crippen LogP contribution in [0.15, 0.2) is 35.2 Å². The van der Waals surface area contributed by atoms with Crippen molar-refractivity contribution < 1.29 is 53.5 Å². The summed E-state index contributed by atoms with van der Waals surface area (Å²) in [6.07, 6.45) is -0.0117. The maximum Gasteiger partial charge on any atom is 1.00 e. The molecule has 8 heteroatoms. The van der Waals surface area contributed by atoms with E-state index in [0.29, 0.717) is 10.9 Å². The number of ether oxygens (including phenoxy) is 1. The van der Waals surface area contributed by atoms with Gasteiger partial charge in [0.1, 0.15) is 4.90 Å². The van der Waals surface area contributed by atoms with Crippen molar-refractivity contribution in [3.05, 3.63) is 35.9 Å². The Kier molecular flexibility index (Phi) is 5.77. The average Bonchev–Trinajstić information content (AvgIpc) is 2.38. The fourth-order valence-electron chi connectivity index (χ4n) is 2.06. The Morgan fingerprint density at radius 1 is 1.33 bits per heavy atom. The Morgan fingerprint density at radius 3 is 2.57 bits per heavy atom. The standard InChI is InChI=1S/C13H13NO5S.Na.H/c1-19-12(15)7-8-5-6-11(20(16,17)18)13-9(8)3-2-4-10(13)14;;/h2-6H,7,14H2,1H3,(H,16,17,18);;/q;+1;-1. The van der Waals surface area contributed by atoms with E-state index in [1.54, 1.807) is 12.1 Å². The number of fused-ring (bicyclic) bond motifs is 1. The Balaban J connectivity index is 0.00000220. The molecule has 0 aliphatic rings. The van der Waals surface area contributed by atoms with Crippen LogP contribution in [0.2, 0.25) is 0 Å². The van der Waals surface area contributed by atoms with E-state index in [1.165, 1.54) is 25.3 Å². The van der Waals surface area contributed by atoms with Crippen molar-refractivity contribution in [2.24, 2.45) is 0 Å². The summed E-state index contributed by atoms with van der Waals surface area (Å²) in [7, 11) is -3.13. The van der Waals surface area contributed by atoms with Gasteiger partial charge in [0.05, 0.1) is 13.5 Å². The van der Waals surface area contributed by atoms with Crippen molar-refractivity contribution >= 4 is 32.5 Å². The first-order valence-corrected chi connectivity index (χ1v) is 7.13. The summed E-state index contributed by atoms with van der Waals surface area (Å²) >= 11 is 0. The maximum absolute atomic E-state index is 11.4. The van der Waals surface area contributed by atoms with Crippen molar-refractivity contribution in [1.29, 1.82) is 0 Å². The molecule has 0 spiro atoms. The summed E-state index contributed by atoms with van der Waals surface area (Å²) < 4.78 is 36.6. The fourth-order valence-corrected chi connectivity index (χ4v) is 2.78. The second kappa shape index (κ2) is 6.76. The molecular weight excluding hydrogens is 305 g/mol. The molecule has 0 aromatic heterocycles. The minimum atomic E-state index is -4.40. The van der Waals surface area contributed by atoms with Gasteiger partial charge in [-0.3, -0.25) is 9.35 Å². The van der Waals surface area contributed by atoms with Crippen LogP contribution in [0.4, 0.5) is 5.69 Å².